The lowest BCUT2D eigenvalue weighted by Crippen LogP contribution is -2.49. The van der Waals surface area contributed by atoms with Gasteiger partial charge in [0.25, 0.3) is 0 Å². The van der Waals surface area contributed by atoms with E-state index in [-0.39, 0.29) is 18.0 Å². The molecule has 0 amide bonds. The van der Waals surface area contributed by atoms with E-state index in [1.807, 2.05) is 27.0 Å². The number of imidazole rings is 1. The predicted molar refractivity (Wildman–Crippen MR) is 89.5 cm³/mol. The standard InChI is InChI=1S/C13H21N5O3S2/c1-9-6-18-13(15-9)22-12(16-18)14-4-5-23(19,20)17-7-10(2)21-11(3)8-17/h6,10-11H,4-5,7-8H2,1-3H3,(H,14,16)/t10-,11-/m1/s1. The number of morpholine rings is 1. The summed E-state index contributed by atoms with van der Waals surface area (Å²) in [6.07, 6.45) is 1.69. The second-order valence-electron chi connectivity index (χ2n) is 5.83. The van der Waals surface area contributed by atoms with Crippen LogP contribution in [0.5, 0.6) is 0 Å². The maximum atomic E-state index is 12.4. The van der Waals surface area contributed by atoms with Gasteiger partial charge in [0.05, 0.1) is 29.9 Å². The van der Waals surface area contributed by atoms with Crippen LogP contribution in [-0.2, 0) is 14.8 Å². The number of hydrogen-bond acceptors (Lipinski definition) is 7. The molecule has 1 aliphatic heterocycles. The van der Waals surface area contributed by atoms with Crippen LogP contribution in [0.2, 0.25) is 0 Å². The van der Waals surface area contributed by atoms with Gasteiger partial charge in [0, 0.05) is 19.6 Å². The zero-order chi connectivity index (χ0) is 16.6. The molecular formula is C13H21N5O3S2. The maximum absolute atomic E-state index is 12.4. The highest BCUT2D eigenvalue weighted by Gasteiger charge is 2.30. The van der Waals surface area contributed by atoms with E-state index in [0.29, 0.717) is 24.8 Å². The van der Waals surface area contributed by atoms with Gasteiger partial charge in [-0.05, 0) is 20.8 Å². The molecule has 2 aromatic rings. The highest BCUT2D eigenvalue weighted by Crippen LogP contribution is 2.19. The van der Waals surface area contributed by atoms with Crippen molar-refractivity contribution in [2.75, 3.05) is 30.7 Å². The van der Waals surface area contributed by atoms with E-state index in [9.17, 15) is 8.42 Å². The van der Waals surface area contributed by atoms with E-state index in [4.69, 9.17) is 4.74 Å². The van der Waals surface area contributed by atoms with Crippen molar-refractivity contribution in [3.05, 3.63) is 11.9 Å². The fraction of sp³-hybridized carbons (Fsp3) is 0.692. The minimum Gasteiger partial charge on any atom is -0.373 e. The summed E-state index contributed by atoms with van der Waals surface area (Å²) in [7, 11) is -3.30. The maximum Gasteiger partial charge on any atom is 0.216 e. The van der Waals surface area contributed by atoms with Crippen molar-refractivity contribution in [2.45, 2.75) is 33.0 Å². The van der Waals surface area contributed by atoms with Crippen LogP contribution in [0, 0.1) is 6.92 Å². The van der Waals surface area contributed by atoms with Crippen LogP contribution >= 0.6 is 11.3 Å². The molecule has 8 nitrogen and oxygen atoms in total. The molecule has 23 heavy (non-hydrogen) atoms. The van der Waals surface area contributed by atoms with E-state index in [0.717, 1.165) is 10.7 Å². The summed E-state index contributed by atoms with van der Waals surface area (Å²) in [4.78, 5) is 5.11. The third kappa shape index (κ3) is 3.82. The van der Waals surface area contributed by atoms with E-state index in [1.165, 1.54) is 15.6 Å². The number of aromatic nitrogens is 3. The summed E-state index contributed by atoms with van der Waals surface area (Å²) < 4.78 is 33.7. The van der Waals surface area contributed by atoms with Crippen molar-refractivity contribution in [1.29, 1.82) is 0 Å². The van der Waals surface area contributed by atoms with Gasteiger partial charge in [0.15, 0.2) is 0 Å². The van der Waals surface area contributed by atoms with Gasteiger partial charge in [-0.15, -0.1) is 5.10 Å². The van der Waals surface area contributed by atoms with Crippen molar-refractivity contribution < 1.29 is 13.2 Å². The van der Waals surface area contributed by atoms with E-state index in [1.54, 1.807) is 4.52 Å². The van der Waals surface area contributed by atoms with Gasteiger partial charge in [-0.2, -0.15) is 4.31 Å². The minimum atomic E-state index is -3.30. The Balaban J connectivity index is 1.57. The summed E-state index contributed by atoms with van der Waals surface area (Å²) in [6.45, 7) is 6.84. The molecule has 1 aliphatic rings. The Morgan fingerprint density at radius 2 is 2.09 bits per heavy atom. The molecule has 0 spiro atoms. The Kier molecular flexibility index (Phi) is 4.59. The molecule has 0 bridgehead atoms. The van der Waals surface area contributed by atoms with E-state index >= 15 is 0 Å². The van der Waals surface area contributed by atoms with Gasteiger partial charge in [0.2, 0.25) is 20.1 Å². The van der Waals surface area contributed by atoms with Gasteiger partial charge in [-0.25, -0.2) is 17.9 Å². The van der Waals surface area contributed by atoms with Gasteiger partial charge in [0.1, 0.15) is 0 Å². The van der Waals surface area contributed by atoms with Gasteiger partial charge in [-0.3, -0.25) is 0 Å². The predicted octanol–water partition coefficient (Wildman–Crippen LogP) is 0.950. The summed E-state index contributed by atoms with van der Waals surface area (Å²) in [5.41, 5.74) is 0.911. The Labute approximate surface area is 139 Å². The lowest BCUT2D eigenvalue weighted by molar-refractivity contribution is -0.0440. The number of fused-ring (bicyclic) bond motifs is 1. The molecule has 2 aromatic heterocycles. The molecule has 1 fully saturated rings. The van der Waals surface area contributed by atoms with Crippen LogP contribution in [-0.4, -0.2) is 64.9 Å². The molecule has 0 aliphatic carbocycles. The van der Waals surface area contributed by atoms with Gasteiger partial charge >= 0.3 is 0 Å². The van der Waals surface area contributed by atoms with Crippen molar-refractivity contribution >= 4 is 31.5 Å². The van der Waals surface area contributed by atoms with Crippen LogP contribution in [0.25, 0.3) is 4.96 Å². The average Bonchev–Trinajstić information content (AvgIpc) is 2.94. The second kappa shape index (κ2) is 6.34. The van der Waals surface area contributed by atoms with Crippen LogP contribution in [0.15, 0.2) is 6.20 Å². The SMILES string of the molecule is Cc1cn2nc(NCCS(=O)(=O)N3C[C@@H](C)O[C@H](C)C3)sc2n1. The smallest absolute Gasteiger partial charge is 0.216 e. The summed E-state index contributed by atoms with van der Waals surface area (Å²) in [6, 6.07) is 0. The number of rotatable bonds is 5. The van der Waals surface area contributed by atoms with Crippen LogP contribution in [0.1, 0.15) is 19.5 Å². The zero-order valence-corrected chi connectivity index (χ0v) is 15.0. The van der Waals surface area contributed by atoms with Crippen molar-refractivity contribution in [1.82, 2.24) is 18.9 Å². The highest BCUT2D eigenvalue weighted by molar-refractivity contribution is 7.89. The van der Waals surface area contributed by atoms with E-state index < -0.39 is 10.0 Å². The monoisotopic (exact) mass is 359 g/mol. The molecular weight excluding hydrogens is 338 g/mol. The zero-order valence-electron chi connectivity index (χ0n) is 13.4. The molecule has 0 saturated carbocycles. The molecule has 0 radical (unpaired) electrons. The normalized spacial score (nSPS) is 23.4. The molecule has 0 aromatic carbocycles. The lowest BCUT2D eigenvalue weighted by Gasteiger charge is -2.34. The molecule has 0 unspecified atom stereocenters. The molecule has 3 heterocycles. The number of sulfonamides is 1. The Bertz CT molecular complexity index is 743. The van der Waals surface area contributed by atoms with Crippen LogP contribution in [0.3, 0.4) is 0 Å². The van der Waals surface area contributed by atoms with Gasteiger partial charge < -0.3 is 10.1 Å². The molecule has 3 rings (SSSR count). The number of nitrogens with zero attached hydrogens (tertiary/aromatic N) is 4. The first-order chi connectivity index (χ1) is 10.8. The first kappa shape index (κ1) is 16.6. The third-order valence-corrected chi connectivity index (χ3v) is 6.26. The molecule has 1 N–H and O–H groups in total. The van der Waals surface area contributed by atoms with Crippen LogP contribution in [0.4, 0.5) is 5.13 Å². The number of anilines is 1. The Hall–Kier alpha value is -1.23. The summed E-state index contributed by atoms with van der Waals surface area (Å²) >= 11 is 1.41. The first-order valence-electron chi connectivity index (χ1n) is 7.53. The molecule has 1 saturated heterocycles. The Morgan fingerprint density at radius 3 is 2.74 bits per heavy atom. The minimum absolute atomic E-state index is 0.0351. The fourth-order valence-corrected chi connectivity index (χ4v) is 5.00. The third-order valence-electron chi connectivity index (χ3n) is 3.58. The Morgan fingerprint density at radius 1 is 1.39 bits per heavy atom. The van der Waals surface area contributed by atoms with Crippen molar-refractivity contribution in [3.8, 4) is 0 Å². The van der Waals surface area contributed by atoms with Gasteiger partial charge in [-0.1, -0.05) is 11.3 Å². The summed E-state index contributed by atoms with van der Waals surface area (Å²) in [5, 5.41) is 8.06. The lowest BCUT2D eigenvalue weighted by atomic mass is 10.3. The number of aryl methyl sites for hydroxylation is 1. The quantitative estimate of drug-likeness (QED) is 0.855. The average molecular weight is 359 g/mol. The molecule has 10 heteroatoms. The largest absolute Gasteiger partial charge is 0.373 e. The number of ether oxygens (including phenoxy) is 1. The fourth-order valence-electron chi connectivity index (χ4n) is 2.65. The van der Waals surface area contributed by atoms with E-state index in [2.05, 4.69) is 15.4 Å². The van der Waals surface area contributed by atoms with Crippen molar-refractivity contribution in [2.24, 2.45) is 0 Å². The topological polar surface area (TPSA) is 88.8 Å². The first-order valence-corrected chi connectivity index (χ1v) is 9.96. The molecule has 128 valence electrons. The second-order valence-corrected chi connectivity index (χ2v) is 8.88. The highest BCUT2D eigenvalue weighted by atomic mass is 32.2. The van der Waals surface area contributed by atoms with Crippen LogP contribution < -0.4 is 5.32 Å². The molecule has 2 atom stereocenters. The van der Waals surface area contributed by atoms with Crippen molar-refractivity contribution in [3.63, 3.8) is 0 Å². The summed E-state index contributed by atoms with van der Waals surface area (Å²) in [5.74, 6) is 0.0351. The number of hydrogen-bond donors (Lipinski definition) is 1. The number of nitrogens with one attached hydrogen (secondary N) is 1.